The van der Waals surface area contributed by atoms with Gasteiger partial charge in [-0.1, -0.05) is 19.1 Å². The summed E-state index contributed by atoms with van der Waals surface area (Å²) in [5.41, 5.74) is 1.24. The van der Waals surface area contributed by atoms with Crippen LogP contribution in [0.4, 0.5) is 24.7 Å². The molecule has 0 saturated heterocycles. The average Bonchev–Trinajstić information content (AvgIpc) is 2.80. The third-order valence-corrected chi connectivity index (χ3v) is 5.69. The number of aromatic nitrogens is 4. The summed E-state index contributed by atoms with van der Waals surface area (Å²) in [5, 5.41) is 0. The molecule has 0 saturated carbocycles. The molecule has 0 unspecified atom stereocenters. The number of likely N-dealkylation sites (N-methyl/N-ethyl adjacent to an activating group) is 1. The van der Waals surface area contributed by atoms with Gasteiger partial charge in [-0.2, -0.15) is 13.2 Å². The van der Waals surface area contributed by atoms with Crippen molar-refractivity contribution in [1.82, 2.24) is 19.9 Å². The Morgan fingerprint density at radius 1 is 1.09 bits per heavy atom. The molecule has 33 heavy (non-hydrogen) atoms. The standard InChI is InChI=1S/C23H23F3N6O/c1-5-17-22(33)31(4)18-11-28-20(30-21(18)32(17)13(2)3)16-10-27-12-29-19(16)14-6-8-15(9-7-14)23(24,25)26/h6-13,17H,5H2,1-4H3/t17-/m1/s1. The Morgan fingerprint density at radius 3 is 2.39 bits per heavy atom. The Bertz CT molecular complexity index is 1180. The van der Waals surface area contributed by atoms with Gasteiger partial charge in [0.25, 0.3) is 0 Å². The molecule has 0 bridgehead atoms. The van der Waals surface area contributed by atoms with E-state index in [1.54, 1.807) is 18.1 Å². The maximum absolute atomic E-state index is 13.0. The molecule has 0 spiro atoms. The Balaban J connectivity index is 1.83. The zero-order chi connectivity index (χ0) is 23.9. The van der Waals surface area contributed by atoms with Crippen molar-refractivity contribution >= 4 is 17.4 Å². The largest absolute Gasteiger partial charge is 0.416 e. The average molecular weight is 456 g/mol. The number of hydrogen-bond acceptors (Lipinski definition) is 6. The maximum Gasteiger partial charge on any atom is 0.416 e. The summed E-state index contributed by atoms with van der Waals surface area (Å²) in [6.07, 6.45) is 0.644. The highest BCUT2D eigenvalue weighted by molar-refractivity contribution is 6.04. The minimum Gasteiger partial charge on any atom is -0.340 e. The number of amides is 1. The predicted octanol–water partition coefficient (Wildman–Crippen LogP) is 4.59. The number of fused-ring (bicyclic) bond motifs is 1. The van der Waals surface area contributed by atoms with Gasteiger partial charge in [0, 0.05) is 24.8 Å². The quantitative estimate of drug-likeness (QED) is 0.572. The van der Waals surface area contributed by atoms with Crippen molar-refractivity contribution in [2.45, 2.75) is 45.5 Å². The van der Waals surface area contributed by atoms with Gasteiger partial charge in [0.1, 0.15) is 18.1 Å². The van der Waals surface area contributed by atoms with Gasteiger partial charge in [-0.15, -0.1) is 0 Å². The summed E-state index contributed by atoms with van der Waals surface area (Å²) in [6.45, 7) is 5.94. The minimum absolute atomic E-state index is 0.00973. The molecule has 1 aliphatic rings. The Morgan fingerprint density at radius 2 is 1.79 bits per heavy atom. The molecule has 3 aromatic rings. The van der Waals surface area contributed by atoms with Gasteiger partial charge in [-0.05, 0) is 32.4 Å². The van der Waals surface area contributed by atoms with E-state index in [0.717, 1.165) is 12.1 Å². The SMILES string of the molecule is CC[C@@H]1C(=O)N(C)c2cnc(-c3cncnc3-c3ccc(C(F)(F)F)cc3)nc2N1C(C)C. The lowest BCUT2D eigenvalue weighted by atomic mass is 10.0. The molecular formula is C23H23F3N6O. The molecule has 0 N–H and O–H groups in total. The predicted molar refractivity (Wildman–Crippen MR) is 119 cm³/mol. The maximum atomic E-state index is 13.0. The van der Waals surface area contributed by atoms with Crippen molar-refractivity contribution < 1.29 is 18.0 Å². The number of nitrogens with zero attached hydrogens (tertiary/aromatic N) is 6. The first-order chi connectivity index (χ1) is 15.6. The van der Waals surface area contributed by atoms with Crippen molar-refractivity contribution in [3.8, 4) is 22.6 Å². The third kappa shape index (κ3) is 4.01. The lowest BCUT2D eigenvalue weighted by molar-refractivity contribution is -0.137. The zero-order valence-corrected chi connectivity index (χ0v) is 18.6. The smallest absolute Gasteiger partial charge is 0.340 e. The van der Waals surface area contributed by atoms with E-state index < -0.39 is 11.7 Å². The molecule has 1 aliphatic heterocycles. The first kappa shape index (κ1) is 22.6. The van der Waals surface area contributed by atoms with Crippen LogP contribution in [-0.4, -0.2) is 45.0 Å². The van der Waals surface area contributed by atoms with E-state index in [0.29, 0.717) is 40.6 Å². The normalized spacial score (nSPS) is 16.4. The van der Waals surface area contributed by atoms with E-state index in [4.69, 9.17) is 4.98 Å². The monoisotopic (exact) mass is 456 g/mol. The van der Waals surface area contributed by atoms with Crippen molar-refractivity contribution in [3.63, 3.8) is 0 Å². The molecule has 0 fully saturated rings. The topological polar surface area (TPSA) is 75.1 Å². The molecular weight excluding hydrogens is 433 g/mol. The lowest BCUT2D eigenvalue weighted by Gasteiger charge is -2.42. The molecule has 7 nitrogen and oxygen atoms in total. The third-order valence-electron chi connectivity index (χ3n) is 5.69. The van der Waals surface area contributed by atoms with Crippen molar-refractivity contribution in [3.05, 3.63) is 48.5 Å². The van der Waals surface area contributed by atoms with E-state index >= 15 is 0 Å². The molecule has 3 heterocycles. The van der Waals surface area contributed by atoms with Crippen molar-refractivity contribution in [1.29, 1.82) is 0 Å². The molecule has 1 atom stereocenters. The summed E-state index contributed by atoms with van der Waals surface area (Å²) in [6, 6.07) is 4.42. The van der Waals surface area contributed by atoms with E-state index in [1.165, 1.54) is 24.7 Å². The van der Waals surface area contributed by atoms with Crippen LogP contribution in [0.5, 0.6) is 0 Å². The first-order valence-electron chi connectivity index (χ1n) is 10.5. The van der Waals surface area contributed by atoms with Gasteiger partial charge in [0.2, 0.25) is 5.91 Å². The second kappa shape index (κ2) is 8.42. The highest BCUT2D eigenvalue weighted by Crippen LogP contribution is 2.38. The van der Waals surface area contributed by atoms with Crippen LogP contribution in [0.3, 0.4) is 0 Å². The Kier molecular flexibility index (Phi) is 5.77. The highest BCUT2D eigenvalue weighted by Gasteiger charge is 2.38. The van der Waals surface area contributed by atoms with E-state index in [9.17, 15) is 18.0 Å². The second-order valence-corrected chi connectivity index (χ2v) is 8.08. The molecule has 0 aliphatic carbocycles. The van der Waals surface area contributed by atoms with E-state index in [1.807, 2.05) is 25.7 Å². The molecule has 2 aromatic heterocycles. The summed E-state index contributed by atoms with van der Waals surface area (Å²) < 4.78 is 38.9. The summed E-state index contributed by atoms with van der Waals surface area (Å²) in [4.78, 5) is 34.0. The number of rotatable bonds is 4. The summed E-state index contributed by atoms with van der Waals surface area (Å²) >= 11 is 0. The van der Waals surface area contributed by atoms with Crippen LogP contribution < -0.4 is 9.80 Å². The molecule has 0 radical (unpaired) electrons. The molecule has 4 rings (SSSR count). The van der Waals surface area contributed by atoms with Crippen LogP contribution in [0.1, 0.15) is 32.8 Å². The fourth-order valence-electron chi connectivity index (χ4n) is 4.05. The Hall–Kier alpha value is -3.56. The first-order valence-corrected chi connectivity index (χ1v) is 10.5. The van der Waals surface area contributed by atoms with E-state index in [2.05, 4.69) is 15.0 Å². The van der Waals surface area contributed by atoms with Gasteiger partial charge in [0.15, 0.2) is 11.6 Å². The molecule has 10 heteroatoms. The van der Waals surface area contributed by atoms with Gasteiger partial charge < -0.3 is 9.80 Å². The van der Waals surface area contributed by atoms with E-state index in [-0.39, 0.29) is 18.0 Å². The van der Waals surface area contributed by atoms with Crippen LogP contribution in [0, 0.1) is 0 Å². The zero-order valence-electron chi connectivity index (χ0n) is 18.6. The number of alkyl halides is 3. The molecule has 1 amide bonds. The van der Waals surface area contributed by atoms with Crippen LogP contribution in [0.25, 0.3) is 22.6 Å². The number of anilines is 2. The molecule has 172 valence electrons. The highest BCUT2D eigenvalue weighted by atomic mass is 19.4. The van der Waals surface area contributed by atoms with Crippen LogP contribution in [-0.2, 0) is 11.0 Å². The van der Waals surface area contributed by atoms with Crippen molar-refractivity contribution in [2.75, 3.05) is 16.8 Å². The number of benzene rings is 1. The minimum atomic E-state index is -4.42. The number of carbonyl (C=O) groups is 1. The molecule has 1 aromatic carbocycles. The van der Waals surface area contributed by atoms with Gasteiger partial charge in [-0.3, -0.25) is 4.79 Å². The lowest BCUT2D eigenvalue weighted by Crippen LogP contribution is -2.54. The van der Waals surface area contributed by atoms with Crippen LogP contribution >= 0.6 is 0 Å². The van der Waals surface area contributed by atoms with Gasteiger partial charge in [-0.25, -0.2) is 19.9 Å². The summed E-state index contributed by atoms with van der Waals surface area (Å²) in [7, 11) is 1.70. The van der Waals surface area contributed by atoms with Crippen molar-refractivity contribution in [2.24, 2.45) is 0 Å². The van der Waals surface area contributed by atoms with Crippen LogP contribution in [0.2, 0.25) is 0 Å². The fourth-order valence-corrected chi connectivity index (χ4v) is 4.05. The number of carbonyl (C=O) groups excluding carboxylic acids is 1. The van der Waals surface area contributed by atoms with Gasteiger partial charge in [0.05, 0.1) is 23.0 Å². The van der Waals surface area contributed by atoms with Crippen LogP contribution in [0.15, 0.2) is 43.0 Å². The number of hydrogen-bond donors (Lipinski definition) is 0. The Labute approximate surface area is 189 Å². The fraction of sp³-hybridized carbons (Fsp3) is 0.348. The second-order valence-electron chi connectivity index (χ2n) is 8.08. The summed E-state index contributed by atoms with van der Waals surface area (Å²) in [5.74, 6) is 0.919. The van der Waals surface area contributed by atoms with Gasteiger partial charge >= 0.3 is 6.18 Å². The number of halogens is 3.